The predicted octanol–water partition coefficient (Wildman–Crippen LogP) is 2.35. The van der Waals surface area contributed by atoms with Crippen LogP contribution in [0.15, 0.2) is 12.8 Å². The fourth-order valence-electron chi connectivity index (χ4n) is 1.57. The fourth-order valence-corrected chi connectivity index (χ4v) is 1.57. The van der Waals surface area contributed by atoms with Gasteiger partial charge < -0.3 is 9.47 Å². The van der Waals surface area contributed by atoms with Gasteiger partial charge in [0.1, 0.15) is 0 Å². The van der Waals surface area contributed by atoms with E-state index in [1.54, 1.807) is 0 Å². The van der Waals surface area contributed by atoms with E-state index >= 15 is 0 Å². The Morgan fingerprint density at radius 3 is 3.17 bits per heavy atom. The number of hydrogen-bond donors (Lipinski definition) is 0. The quantitative estimate of drug-likeness (QED) is 0.466. The summed E-state index contributed by atoms with van der Waals surface area (Å²) in [5.74, 6) is 0.771. The fraction of sp³-hybridized carbons (Fsp3) is 0.800. The summed E-state index contributed by atoms with van der Waals surface area (Å²) in [7, 11) is 0. The smallest absolute Gasteiger partial charge is 0.0873 e. The van der Waals surface area contributed by atoms with Gasteiger partial charge in [-0.25, -0.2) is 0 Å². The zero-order valence-electron chi connectivity index (χ0n) is 7.63. The molecule has 1 unspecified atom stereocenters. The molecule has 0 spiro atoms. The van der Waals surface area contributed by atoms with E-state index < -0.39 is 0 Å². The Morgan fingerprint density at radius 1 is 1.58 bits per heavy atom. The van der Waals surface area contributed by atoms with Crippen molar-refractivity contribution in [2.24, 2.45) is 5.92 Å². The van der Waals surface area contributed by atoms with Gasteiger partial charge in [0.25, 0.3) is 0 Å². The normalized spacial score (nSPS) is 23.5. The maximum Gasteiger partial charge on any atom is 0.0873 e. The van der Waals surface area contributed by atoms with Crippen LogP contribution in [0.5, 0.6) is 0 Å². The van der Waals surface area contributed by atoms with Gasteiger partial charge in [0.2, 0.25) is 0 Å². The van der Waals surface area contributed by atoms with E-state index in [1.807, 2.05) is 0 Å². The van der Waals surface area contributed by atoms with Crippen LogP contribution in [0, 0.1) is 5.92 Å². The minimum Gasteiger partial charge on any atom is -0.502 e. The Labute approximate surface area is 74.6 Å². The van der Waals surface area contributed by atoms with Crippen molar-refractivity contribution in [2.45, 2.75) is 25.7 Å². The molecule has 70 valence electrons. The topological polar surface area (TPSA) is 18.5 Å². The molecular formula is C10H18O2. The average molecular weight is 170 g/mol. The van der Waals surface area contributed by atoms with E-state index in [4.69, 9.17) is 9.47 Å². The third-order valence-corrected chi connectivity index (χ3v) is 2.25. The second-order valence-corrected chi connectivity index (χ2v) is 3.26. The van der Waals surface area contributed by atoms with E-state index in [9.17, 15) is 0 Å². The van der Waals surface area contributed by atoms with Gasteiger partial charge in [-0.15, -0.1) is 0 Å². The van der Waals surface area contributed by atoms with E-state index in [0.29, 0.717) is 0 Å². The first-order chi connectivity index (χ1) is 5.93. The Kier molecular flexibility index (Phi) is 4.85. The predicted molar refractivity (Wildman–Crippen MR) is 48.9 cm³/mol. The summed E-state index contributed by atoms with van der Waals surface area (Å²) in [6.45, 7) is 6.21. The van der Waals surface area contributed by atoms with Crippen LogP contribution in [0.3, 0.4) is 0 Å². The van der Waals surface area contributed by atoms with Gasteiger partial charge in [-0.1, -0.05) is 6.58 Å². The second kappa shape index (κ2) is 6.06. The summed E-state index contributed by atoms with van der Waals surface area (Å²) in [4.78, 5) is 0. The van der Waals surface area contributed by atoms with Crippen LogP contribution >= 0.6 is 0 Å². The lowest BCUT2D eigenvalue weighted by atomic mass is 9.97. The van der Waals surface area contributed by atoms with Gasteiger partial charge in [0.05, 0.1) is 12.9 Å². The molecule has 2 nitrogen and oxygen atoms in total. The molecule has 0 aromatic carbocycles. The summed E-state index contributed by atoms with van der Waals surface area (Å²) in [5, 5.41) is 0. The van der Waals surface area contributed by atoms with Crippen LogP contribution in [0.2, 0.25) is 0 Å². The zero-order chi connectivity index (χ0) is 8.65. The van der Waals surface area contributed by atoms with Crippen molar-refractivity contribution in [3.8, 4) is 0 Å². The van der Waals surface area contributed by atoms with Crippen LogP contribution in [-0.4, -0.2) is 19.8 Å². The van der Waals surface area contributed by atoms with Crippen molar-refractivity contribution in [1.29, 1.82) is 0 Å². The number of rotatable bonds is 5. The van der Waals surface area contributed by atoms with Gasteiger partial charge in [0.15, 0.2) is 0 Å². The van der Waals surface area contributed by atoms with E-state index in [1.165, 1.54) is 25.5 Å². The maximum atomic E-state index is 5.38. The highest BCUT2D eigenvalue weighted by molar-refractivity contribution is 4.63. The van der Waals surface area contributed by atoms with Crippen molar-refractivity contribution in [3.63, 3.8) is 0 Å². The number of ether oxygens (including phenoxy) is 2. The van der Waals surface area contributed by atoms with E-state index in [2.05, 4.69) is 6.58 Å². The molecule has 0 N–H and O–H groups in total. The van der Waals surface area contributed by atoms with Crippen LogP contribution in [0.1, 0.15) is 25.7 Å². The highest BCUT2D eigenvalue weighted by Gasteiger charge is 2.12. The van der Waals surface area contributed by atoms with E-state index in [-0.39, 0.29) is 0 Å². The summed E-state index contributed by atoms with van der Waals surface area (Å²) < 4.78 is 10.4. The van der Waals surface area contributed by atoms with Gasteiger partial charge in [0, 0.05) is 13.2 Å². The first-order valence-electron chi connectivity index (χ1n) is 4.73. The summed E-state index contributed by atoms with van der Waals surface area (Å²) >= 11 is 0. The molecule has 1 heterocycles. The Hall–Kier alpha value is -0.500. The molecule has 0 radical (unpaired) electrons. The molecule has 1 saturated heterocycles. The second-order valence-electron chi connectivity index (χ2n) is 3.26. The largest absolute Gasteiger partial charge is 0.502 e. The van der Waals surface area contributed by atoms with Crippen molar-refractivity contribution in [3.05, 3.63) is 12.8 Å². The molecular weight excluding hydrogens is 152 g/mol. The molecule has 0 amide bonds. The molecule has 0 bridgehead atoms. The molecule has 1 aliphatic rings. The third-order valence-electron chi connectivity index (χ3n) is 2.25. The minimum absolute atomic E-state index is 0.771. The molecule has 1 aliphatic heterocycles. The SMILES string of the molecule is C=COCCCC1CCCOC1. The van der Waals surface area contributed by atoms with Crippen LogP contribution in [-0.2, 0) is 9.47 Å². The minimum atomic E-state index is 0.771. The molecule has 0 aromatic rings. The van der Waals surface area contributed by atoms with Gasteiger partial charge >= 0.3 is 0 Å². The van der Waals surface area contributed by atoms with Crippen molar-refractivity contribution >= 4 is 0 Å². The van der Waals surface area contributed by atoms with Crippen molar-refractivity contribution in [2.75, 3.05) is 19.8 Å². The standard InChI is InChI=1S/C10H18O2/c1-2-11-7-3-5-10-6-4-8-12-9-10/h2,10H,1,3-9H2. The van der Waals surface area contributed by atoms with Crippen LogP contribution < -0.4 is 0 Å². The molecule has 1 fully saturated rings. The van der Waals surface area contributed by atoms with Crippen molar-refractivity contribution < 1.29 is 9.47 Å². The molecule has 0 aliphatic carbocycles. The summed E-state index contributed by atoms with van der Waals surface area (Å²) in [5.41, 5.74) is 0. The molecule has 2 heteroatoms. The molecule has 0 saturated carbocycles. The first-order valence-corrected chi connectivity index (χ1v) is 4.73. The number of hydrogen-bond acceptors (Lipinski definition) is 2. The zero-order valence-corrected chi connectivity index (χ0v) is 7.63. The Balaban J connectivity index is 1.94. The lowest BCUT2D eigenvalue weighted by molar-refractivity contribution is 0.0487. The lowest BCUT2D eigenvalue weighted by Crippen LogP contribution is -2.17. The maximum absolute atomic E-state index is 5.38. The first kappa shape index (κ1) is 9.59. The molecule has 12 heavy (non-hydrogen) atoms. The van der Waals surface area contributed by atoms with Crippen LogP contribution in [0.25, 0.3) is 0 Å². The third kappa shape index (κ3) is 3.77. The molecule has 0 aromatic heterocycles. The van der Waals surface area contributed by atoms with Crippen LogP contribution in [0.4, 0.5) is 0 Å². The Morgan fingerprint density at radius 2 is 2.50 bits per heavy atom. The van der Waals surface area contributed by atoms with Gasteiger partial charge in [-0.05, 0) is 31.6 Å². The van der Waals surface area contributed by atoms with E-state index in [0.717, 1.165) is 32.2 Å². The summed E-state index contributed by atoms with van der Waals surface area (Å²) in [6.07, 6.45) is 6.42. The Bertz CT molecular complexity index is 117. The highest BCUT2D eigenvalue weighted by atomic mass is 16.5. The highest BCUT2D eigenvalue weighted by Crippen LogP contribution is 2.18. The molecule has 1 atom stereocenters. The monoisotopic (exact) mass is 170 g/mol. The van der Waals surface area contributed by atoms with Gasteiger partial charge in [-0.3, -0.25) is 0 Å². The van der Waals surface area contributed by atoms with Gasteiger partial charge in [-0.2, -0.15) is 0 Å². The van der Waals surface area contributed by atoms with Crippen molar-refractivity contribution in [1.82, 2.24) is 0 Å². The lowest BCUT2D eigenvalue weighted by Gasteiger charge is -2.21. The molecule has 1 rings (SSSR count). The average Bonchev–Trinajstić information content (AvgIpc) is 2.14. The summed E-state index contributed by atoms with van der Waals surface area (Å²) in [6, 6.07) is 0.